The van der Waals surface area contributed by atoms with E-state index in [2.05, 4.69) is 10.1 Å². The van der Waals surface area contributed by atoms with Gasteiger partial charge in [-0.15, -0.1) is 0 Å². The Balaban J connectivity index is 2.26. The number of hydrogen-bond donors (Lipinski definition) is 2. The van der Waals surface area contributed by atoms with E-state index in [9.17, 15) is 10.0 Å². The van der Waals surface area contributed by atoms with Crippen LogP contribution in [0.4, 0.5) is 0 Å². The lowest BCUT2D eigenvalue weighted by Crippen LogP contribution is -2.09. The van der Waals surface area contributed by atoms with Gasteiger partial charge >= 0.3 is 5.97 Å². The first-order valence-corrected chi connectivity index (χ1v) is 5.20. The number of carboxylic acid groups (broad SMARTS) is 1. The predicted octanol–water partition coefficient (Wildman–Crippen LogP) is 1.30. The molecule has 0 unspecified atom stereocenters. The number of hydrogen-bond acceptors (Lipinski definition) is 5. The molecule has 94 valence electrons. The largest absolute Gasteiger partial charge is 0.479 e. The highest BCUT2D eigenvalue weighted by Crippen LogP contribution is 2.24. The second-order valence-electron chi connectivity index (χ2n) is 3.31. The summed E-state index contributed by atoms with van der Waals surface area (Å²) in [5.74, 6) is -1.13. The van der Waals surface area contributed by atoms with Crippen molar-refractivity contribution in [3.05, 3.63) is 29.5 Å². The summed E-state index contributed by atoms with van der Waals surface area (Å²) < 4.78 is 4.84. The van der Waals surface area contributed by atoms with Crippen molar-refractivity contribution in [3.8, 4) is 17.1 Å². The van der Waals surface area contributed by atoms with Crippen molar-refractivity contribution in [2.45, 2.75) is 0 Å². The fraction of sp³-hybridized carbons (Fsp3) is 0.100. The van der Waals surface area contributed by atoms with E-state index in [-0.39, 0.29) is 11.0 Å². The minimum Gasteiger partial charge on any atom is -0.479 e. The van der Waals surface area contributed by atoms with Gasteiger partial charge in [-0.25, -0.2) is 9.78 Å². The van der Waals surface area contributed by atoms with E-state index >= 15 is 0 Å². The van der Waals surface area contributed by atoms with Crippen molar-refractivity contribution in [3.63, 3.8) is 0 Å². The highest BCUT2D eigenvalue weighted by atomic mass is 35.5. The third-order valence-corrected chi connectivity index (χ3v) is 2.24. The Labute approximate surface area is 106 Å². The molecule has 0 atom stereocenters. The van der Waals surface area contributed by atoms with Gasteiger partial charge in [-0.3, -0.25) is 0 Å². The van der Waals surface area contributed by atoms with Crippen LogP contribution in [0.3, 0.4) is 0 Å². The molecule has 0 bridgehead atoms. The summed E-state index contributed by atoms with van der Waals surface area (Å²) in [6, 6.07) is 4.55. The summed E-state index contributed by atoms with van der Waals surface area (Å²) in [5.41, 5.74) is 0.898. The van der Waals surface area contributed by atoms with E-state index in [0.29, 0.717) is 16.1 Å². The lowest BCUT2D eigenvalue weighted by molar-refractivity contribution is -0.139. The number of halogens is 1. The van der Waals surface area contributed by atoms with Gasteiger partial charge in [0, 0.05) is 17.8 Å². The number of ether oxygens (including phenoxy) is 1. The van der Waals surface area contributed by atoms with Crippen LogP contribution in [-0.4, -0.2) is 37.8 Å². The predicted molar refractivity (Wildman–Crippen MR) is 60.8 cm³/mol. The van der Waals surface area contributed by atoms with Crippen LogP contribution in [0.1, 0.15) is 0 Å². The third kappa shape index (κ3) is 2.69. The maximum Gasteiger partial charge on any atom is 0.341 e. The molecule has 0 saturated heterocycles. The first-order chi connectivity index (χ1) is 8.56. The van der Waals surface area contributed by atoms with E-state index < -0.39 is 12.6 Å². The van der Waals surface area contributed by atoms with Crippen LogP contribution in [-0.2, 0) is 4.79 Å². The van der Waals surface area contributed by atoms with Gasteiger partial charge in [0.25, 0.3) is 0 Å². The van der Waals surface area contributed by atoms with Gasteiger partial charge in [-0.2, -0.15) is 0 Å². The van der Waals surface area contributed by atoms with Crippen LogP contribution >= 0.6 is 11.6 Å². The Morgan fingerprint density at radius 2 is 2.28 bits per heavy atom. The average molecular weight is 270 g/mol. The topological polar surface area (TPSA) is 97.5 Å². The molecular weight excluding hydrogens is 262 g/mol. The highest BCUT2D eigenvalue weighted by Gasteiger charge is 2.11. The summed E-state index contributed by atoms with van der Waals surface area (Å²) in [4.78, 5) is 14.7. The standard InChI is InChI=1S/C10H8ClN3O4/c11-8-3-6(1-2-12-8)7-4-9(13-14(7)17)18-5-10(15)16/h1-4,17H,5H2,(H,15,16). The first-order valence-electron chi connectivity index (χ1n) is 4.82. The molecule has 2 aromatic heterocycles. The average Bonchev–Trinajstić information content (AvgIpc) is 2.68. The zero-order valence-electron chi connectivity index (χ0n) is 8.95. The van der Waals surface area contributed by atoms with E-state index in [4.69, 9.17) is 21.4 Å². The van der Waals surface area contributed by atoms with Crippen LogP contribution in [0.2, 0.25) is 5.15 Å². The van der Waals surface area contributed by atoms with Crippen LogP contribution in [0.15, 0.2) is 24.4 Å². The quantitative estimate of drug-likeness (QED) is 0.641. The fourth-order valence-electron chi connectivity index (χ4n) is 1.32. The van der Waals surface area contributed by atoms with Crippen molar-refractivity contribution in [2.24, 2.45) is 0 Å². The second-order valence-corrected chi connectivity index (χ2v) is 3.69. The lowest BCUT2D eigenvalue weighted by atomic mass is 10.2. The lowest BCUT2D eigenvalue weighted by Gasteiger charge is -1.99. The molecule has 2 N–H and O–H groups in total. The monoisotopic (exact) mass is 269 g/mol. The van der Waals surface area contributed by atoms with Crippen molar-refractivity contribution in [1.82, 2.24) is 14.9 Å². The van der Waals surface area contributed by atoms with Crippen molar-refractivity contribution in [1.29, 1.82) is 0 Å². The fourth-order valence-corrected chi connectivity index (χ4v) is 1.49. The van der Waals surface area contributed by atoms with Gasteiger partial charge in [0.05, 0.1) is 0 Å². The van der Waals surface area contributed by atoms with Gasteiger partial charge in [0.2, 0.25) is 5.88 Å². The zero-order valence-corrected chi connectivity index (χ0v) is 9.70. The Morgan fingerprint density at radius 3 is 2.94 bits per heavy atom. The second kappa shape index (κ2) is 4.92. The molecular formula is C10H8ClN3O4. The molecule has 2 heterocycles. The van der Waals surface area contributed by atoms with Crippen LogP contribution < -0.4 is 4.74 Å². The summed E-state index contributed by atoms with van der Waals surface area (Å²) in [7, 11) is 0. The molecule has 0 aliphatic heterocycles. The summed E-state index contributed by atoms with van der Waals surface area (Å²) in [6.07, 6.45) is 1.47. The summed E-state index contributed by atoms with van der Waals surface area (Å²) in [5, 5.41) is 21.9. The first kappa shape index (κ1) is 12.2. The Hall–Kier alpha value is -2.28. The van der Waals surface area contributed by atoms with E-state index in [1.807, 2.05) is 0 Å². The smallest absolute Gasteiger partial charge is 0.341 e. The van der Waals surface area contributed by atoms with Crippen LogP contribution in [0, 0.1) is 0 Å². The molecule has 2 aromatic rings. The number of carboxylic acids is 1. The Kier molecular flexibility index (Phi) is 3.33. The number of aromatic nitrogens is 3. The molecule has 8 heteroatoms. The van der Waals surface area contributed by atoms with Crippen LogP contribution in [0.25, 0.3) is 11.3 Å². The van der Waals surface area contributed by atoms with Crippen molar-refractivity contribution in [2.75, 3.05) is 6.61 Å². The molecule has 0 aliphatic carbocycles. The van der Waals surface area contributed by atoms with Gasteiger partial charge in [-0.05, 0) is 12.1 Å². The maximum atomic E-state index is 10.3. The molecule has 0 fully saturated rings. The molecule has 18 heavy (non-hydrogen) atoms. The number of carbonyl (C=O) groups is 1. The maximum absolute atomic E-state index is 10.3. The molecule has 2 rings (SSSR count). The molecule has 0 amide bonds. The zero-order chi connectivity index (χ0) is 13.1. The van der Waals surface area contributed by atoms with Gasteiger partial charge in [-0.1, -0.05) is 21.5 Å². The van der Waals surface area contributed by atoms with Crippen molar-refractivity contribution >= 4 is 17.6 Å². The molecule has 0 spiro atoms. The number of aliphatic carboxylic acids is 1. The van der Waals surface area contributed by atoms with E-state index in [0.717, 1.165) is 0 Å². The number of pyridine rings is 1. The number of nitrogens with zero attached hydrogens (tertiary/aromatic N) is 3. The van der Waals surface area contributed by atoms with Gasteiger partial charge in [0.1, 0.15) is 10.8 Å². The minimum atomic E-state index is -1.13. The van der Waals surface area contributed by atoms with Crippen molar-refractivity contribution < 1.29 is 19.8 Å². The molecule has 0 saturated carbocycles. The SMILES string of the molecule is O=C(O)COc1cc(-c2ccnc(Cl)c2)n(O)n1. The van der Waals surface area contributed by atoms with Crippen LogP contribution in [0.5, 0.6) is 5.88 Å². The molecule has 0 aromatic carbocycles. The van der Waals surface area contributed by atoms with E-state index in [1.165, 1.54) is 18.3 Å². The third-order valence-electron chi connectivity index (χ3n) is 2.03. The molecule has 0 radical (unpaired) electrons. The Bertz CT molecular complexity index is 584. The summed E-state index contributed by atoms with van der Waals surface area (Å²) in [6.45, 7) is -0.534. The molecule has 7 nitrogen and oxygen atoms in total. The normalized spacial score (nSPS) is 10.3. The highest BCUT2D eigenvalue weighted by molar-refractivity contribution is 6.29. The Morgan fingerprint density at radius 1 is 1.50 bits per heavy atom. The minimum absolute atomic E-state index is 0.00262. The molecule has 0 aliphatic rings. The summed E-state index contributed by atoms with van der Waals surface area (Å²) >= 11 is 5.73. The van der Waals surface area contributed by atoms with Gasteiger partial charge < -0.3 is 15.1 Å². The van der Waals surface area contributed by atoms with E-state index in [1.54, 1.807) is 6.07 Å². The number of rotatable bonds is 4. The van der Waals surface area contributed by atoms with Gasteiger partial charge in [0.15, 0.2) is 6.61 Å².